The zero-order chi connectivity index (χ0) is 11.7. The molecule has 0 bridgehead atoms. The lowest BCUT2D eigenvalue weighted by molar-refractivity contribution is 1.10. The molecule has 0 saturated carbocycles. The highest BCUT2D eigenvalue weighted by Crippen LogP contribution is 2.30. The number of aryl methyl sites for hydroxylation is 1. The lowest BCUT2D eigenvalue weighted by Gasteiger charge is -2.15. The molecule has 0 aliphatic heterocycles. The minimum atomic E-state index is 1.07. The molecule has 0 heterocycles. The molecule has 0 fully saturated rings. The largest absolute Gasteiger partial charge is 0.0984 e. The molecule has 0 nitrogen and oxygen atoms in total. The van der Waals surface area contributed by atoms with Crippen molar-refractivity contribution in [1.29, 1.82) is 0 Å². The van der Waals surface area contributed by atoms with Crippen LogP contribution in [0.3, 0.4) is 0 Å². The van der Waals surface area contributed by atoms with Gasteiger partial charge in [0.05, 0.1) is 0 Å². The summed E-state index contributed by atoms with van der Waals surface area (Å²) in [6.07, 6.45) is 3.06. The van der Waals surface area contributed by atoms with E-state index in [1.165, 1.54) is 33.0 Å². The monoisotopic (exact) mass is 210 g/mol. The van der Waals surface area contributed by atoms with Gasteiger partial charge in [-0.05, 0) is 53.3 Å². The Balaban J connectivity index is 3.00. The molecule has 0 atom stereocenters. The van der Waals surface area contributed by atoms with Crippen LogP contribution in [0.1, 0.15) is 29.2 Å². The highest BCUT2D eigenvalue weighted by Gasteiger charge is 2.10. The Hall–Kier alpha value is -1.56. The van der Waals surface area contributed by atoms with E-state index >= 15 is 0 Å². The first-order valence-corrected chi connectivity index (χ1v) is 5.83. The van der Waals surface area contributed by atoms with Crippen molar-refractivity contribution in [3.8, 4) is 0 Å². The third kappa shape index (κ3) is 1.46. The van der Waals surface area contributed by atoms with Crippen LogP contribution in [-0.2, 0) is 6.42 Å². The van der Waals surface area contributed by atoms with Gasteiger partial charge in [-0.1, -0.05) is 43.8 Å². The molecule has 82 valence electrons. The van der Waals surface area contributed by atoms with Crippen molar-refractivity contribution in [3.05, 3.63) is 53.1 Å². The quantitative estimate of drug-likeness (QED) is 0.676. The van der Waals surface area contributed by atoms with Gasteiger partial charge in [0.1, 0.15) is 0 Å². The van der Waals surface area contributed by atoms with Crippen LogP contribution < -0.4 is 0 Å². The Morgan fingerprint density at radius 1 is 1.06 bits per heavy atom. The maximum Gasteiger partial charge on any atom is -0.0106 e. The lowest BCUT2D eigenvalue weighted by Crippen LogP contribution is -1.97. The summed E-state index contributed by atoms with van der Waals surface area (Å²) in [6, 6.07) is 8.60. The predicted octanol–water partition coefficient (Wildman–Crippen LogP) is 4.66. The Morgan fingerprint density at radius 2 is 1.69 bits per heavy atom. The van der Waals surface area contributed by atoms with Gasteiger partial charge in [-0.2, -0.15) is 0 Å². The summed E-state index contributed by atoms with van der Waals surface area (Å²) in [5, 5.41) is 2.68. The minimum Gasteiger partial charge on any atom is -0.0984 e. The molecule has 0 aliphatic carbocycles. The second-order valence-corrected chi connectivity index (χ2v) is 4.25. The van der Waals surface area contributed by atoms with Gasteiger partial charge < -0.3 is 0 Å². The average molecular weight is 210 g/mol. The molecule has 0 saturated heterocycles. The minimum absolute atomic E-state index is 1.07. The molecule has 16 heavy (non-hydrogen) atoms. The Labute approximate surface area is 97.6 Å². The van der Waals surface area contributed by atoms with Crippen molar-refractivity contribution in [1.82, 2.24) is 0 Å². The van der Waals surface area contributed by atoms with Crippen molar-refractivity contribution >= 4 is 16.8 Å². The van der Waals surface area contributed by atoms with E-state index < -0.39 is 0 Å². The van der Waals surface area contributed by atoms with E-state index in [0.29, 0.717) is 0 Å². The molecule has 2 aromatic rings. The molecule has 0 N–H and O–H groups in total. The molecule has 0 aromatic heterocycles. The van der Waals surface area contributed by atoms with Crippen LogP contribution in [0.4, 0.5) is 0 Å². The second-order valence-electron chi connectivity index (χ2n) is 4.25. The summed E-state index contributed by atoms with van der Waals surface area (Å²) < 4.78 is 0. The standard InChI is InChI=1S/C16H18/c1-5-13-11(3)12(4)15-9-7-8-10-16(15)14(13)6-2/h6-10H,2,5H2,1,3-4H3. The molecule has 0 amide bonds. The molecular formula is C16H18. The highest BCUT2D eigenvalue weighted by molar-refractivity contribution is 5.95. The third-order valence-electron chi connectivity index (χ3n) is 3.52. The van der Waals surface area contributed by atoms with Crippen molar-refractivity contribution in [2.45, 2.75) is 27.2 Å². The number of fused-ring (bicyclic) bond motifs is 1. The van der Waals surface area contributed by atoms with E-state index in [0.717, 1.165) is 6.42 Å². The smallest absolute Gasteiger partial charge is 0.0106 e. The van der Waals surface area contributed by atoms with Gasteiger partial charge in [-0.25, -0.2) is 0 Å². The summed E-state index contributed by atoms with van der Waals surface area (Å²) in [6.45, 7) is 10.6. The first kappa shape index (κ1) is 10.9. The molecule has 2 aromatic carbocycles. The molecular weight excluding hydrogens is 192 g/mol. The fourth-order valence-corrected chi connectivity index (χ4v) is 2.53. The van der Waals surface area contributed by atoms with E-state index in [2.05, 4.69) is 51.6 Å². The number of hydrogen-bond donors (Lipinski definition) is 0. The van der Waals surface area contributed by atoms with E-state index in [1.54, 1.807) is 0 Å². The van der Waals surface area contributed by atoms with Gasteiger partial charge in [0.15, 0.2) is 0 Å². The Kier molecular flexibility index (Phi) is 2.82. The fraction of sp³-hybridized carbons (Fsp3) is 0.250. The zero-order valence-corrected chi connectivity index (χ0v) is 10.3. The van der Waals surface area contributed by atoms with Gasteiger partial charge in [0.2, 0.25) is 0 Å². The Bertz CT molecular complexity index is 547. The predicted molar refractivity (Wildman–Crippen MR) is 72.9 cm³/mol. The van der Waals surface area contributed by atoms with Crippen LogP contribution in [0.5, 0.6) is 0 Å². The summed E-state index contributed by atoms with van der Waals surface area (Å²) in [5.74, 6) is 0. The number of hydrogen-bond acceptors (Lipinski definition) is 0. The van der Waals surface area contributed by atoms with Crippen LogP contribution in [0.2, 0.25) is 0 Å². The normalized spacial score (nSPS) is 10.7. The van der Waals surface area contributed by atoms with Gasteiger partial charge in [0, 0.05) is 0 Å². The first-order chi connectivity index (χ1) is 7.70. The number of rotatable bonds is 2. The maximum absolute atomic E-state index is 3.96. The number of benzene rings is 2. The van der Waals surface area contributed by atoms with Crippen molar-refractivity contribution < 1.29 is 0 Å². The van der Waals surface area contributed by atoms with E-state index in [-0.39, 0.29) is 0 Å². The van der Waals surface area contributed by atoms with Crippen LogP contribution in [-0.4, -0.2) is 0 Å². The zero-order valence-electron chi connectivity index (χ0n) is 10.3. The van der Waals surface area contributed by atoms with Gasteiger partial charge in [0.25, 0.3) is 0 Å². The average Bonchev–Trinajstić information content (AvgIpc) is 2.33. The SMILES string of the molecule is C=Cc1c(CC)c(C)c(C)c2ccccc12. The van der Waals surface area contributed by atoms with Gasteiger partial charge in [-0.3, -0.25) is 0 Å². The molecule has 0 spiro atoms. The highest BCUT2D eigenvalue weighted by atomic mass is 14.1. The molecule has 0 heteroatoms. The van der Waals surface area contributed by atoms with E-state index in [9.17, 15) is 0 Å². The molecule has 0 radical (unpaired) electrons. The summed E-state index contributed by atoms with van der Waals surface area (Å²) in [4.78, 5) is 0. The topological polar surface area (TPSA) is 0 Å². The maximum atomic E-state index is 3.96. The second kappa shape index (κ2) is 4.13. The van der Waals surface area contributed by atoms with Gasteiger partial charge in [-0.15, -0.1) is 0 Å². The third-order valence-corrected chi connectivity index (χ3v) is 3.52. The van der Waals surface area contributed by atoms with Crippen LogP contribution in [0.15, 0.2) is 30.8 Å². The Morgan fingerprint density at radius 3 is 2.25 bits per heavy atom. The van der Waals surface area contributed by atoms with Crippen molar-refractivity contribution in [3.63, 3.8) is 0 Å². The molecule has 2 rings (SSSR count). The van der Waals surface area contributed by atoms with Crippen LogP contribution in [0.25, 0.3) is 16.8 Å². The van der Waals surface area contributed by atoms with Crippen molar-refractivity contribution in [2.24, 2.45) is 0 Å². The van der Waals surface area contributed by atoms with Crippen LogP contribution >= 0.6 is 0 Å². The summed E-state index contributed by atoms with van der Waals surface area (Å²) in [5.41, 5.74) is 5.56. The van der Waals surface area contributed by atoms with Crippen LogP contribution in [0, 0.1) is 13.8 Å². The fourth-order valence-electron chi connectivity index (χ4n) is 2.53. The summed E-state index contributed by atoms with van der Waals surface area (Å²) >= 11 is 0. The van der Waals surface area contributed by atoms with E-state index in [1.807, 2.05) is 6.08 Å². The van der Waals surface area contributed by atoms with Gasteiger partial charge >= 0.3 is 0 Å². The lowest BCUT2D eigenvalue weighted by atomic mass is 9.89. The molecule has 0 unspecified atom stereocenters. The molecule has 0 aliphatic rings. The first-order valence-electron chi connectivity index (χ1n) is 5.83. The van der Waals surface area contributed by atoms with E-state index in [4.69, 9.17) is 0 Å². The summed E-state index contributed by atoms with van der Waals surface area (Å²) in [7, 11) is 0. The van der Waals surface area contributed by atoms with Crippen molar-refractivity contribution in [2.75, 3.05) is 0 Å².